The maximum Gasteiger partial charge on any atom is 0.341 e. The van der Waals surface area contributed by atoms with Gasteiger partial charge >= 0.3 is 5.97 Å². The number of pyridine rings is 2. The van der Waals surface area contributed by atoms with Crippen molar-refractivity contribution in [2.75, 3.05) is 18.0 Å². The number of phenols is 1. The van der Waals surface area contributed by atoms with E-state index in [0.717, 1.165) is 47.5 Å². The lowest BCUT2D eigenvalue weighted by Gasteiger charge is -2.44. The van der Waals surface area contributed by atoms with Gasteiger partial charge in [-0.25, -0.2) is 14.8 Å². The van der Waals surface area contributed by atoms with Crippen LogP contribution in [0.25, 0.3) is 22.2 Å². The van der Waals surface area contributed by atoms with Crippen LogP contribution >= 0.6 is 0 Å². The Morgan fingerprint density at radius 1 is 1.04 bits per heavy atom. The first-order chi connectivity index (χ1) is 25.9. The molecule has 13 nitrogen and oxygen atoms in total. The number of carbonyl (C=O) groups excluding carboxylic acids is 1. The quantitative estimate of drug-likeness (QED) is 0.164. The molecule has 5 aliphatic heterocycles. The third-order valence-electron chi connectivity index (χ3n) is 11.4. The summed E-state index contributed by atoms with van der Waals surface area (Å²) in [6, 6.07) is 10.7. The van der Waals surface area contributed by atoms with Gasteiger partial charge in [0.2, 0.25) is 0 Å². The molecule has 3 aromatic heterocycles. The fraction of sp³-hybridized carbons (Fsp3) is 0.390. The average Bonchev–Trinajstić information content (AvgIpc) is 3.38. The summed E-state index contributed by atoms with van der Waals surface area (Å²) in [7, 11) is 0. The van der Waals surface area contributed by atoms with E-state index in [1.54, 1.807) is 19.1 Å². The van der Waals surface area contributed by atoms with Gasteiger partial charge in [-0.05, 0) is 88.8 Å². The number of hydrogen-bond acceptors (Lipinski definition) is 12. The highest BCUT2D eigenvalue weighted by molar-refractivity contribution is 6.06. The Bertz CT molecular complexity index is 2400. The lowest BCUT2D eigenvalue weighted by Crippen LogP contribution is -3.05. The number of aryl methyl sites for hydroxylation is 2. The number of fused-ring (bicyclic) bond motifs is 5. The number of anilines is 2. The first-order valence-corrected chi connectivity index (χ1v) is 18.6. The average molecular weight is 732 g/mol. The molecule has 9 rings (SSSR count). The minimum Gasteiger partial charge on any atom is -0.507 e. The topological polar surface area (TPSA) is 193 Å². The van der Waals surface area contributed by atoms with Gasteiger partial charge in [-0.2, -0.15) is 0 Å². The standard InChI is InChI=1S/C41H42N6O7/c1-21-12-29(48)36-30(51-21)17-31-35(37(36)49)26-6-4-5-10-41(39(50)52-38(26)40(2,3)53-31)32(54-41)8-7-22-13-27(46-33(42)14-22)24-15-25(45-34(43)16-24)19-47-18-23-9-11-44-28(23)20-47/h9,11-18,26,32,38,49H,4-8,10,19-20H2,1-3H3,(H2,42,46)(H2,43,45)/p+1/t26-,32+,38+,41-/m0/s1. The van der Waals surface area contributed by atoms with Crippen molar-refractivity contribution in [3.63, 3.8) is 0 Å². The Balaban J connectivity index is 0.921. The number of esters is 1. The lowest BCUT2D eigenvalue weighted by molar-refractivity contribution is -0.848. The Morgan fingerprint density at radius 3 is 2.70 bits per heavy atom. The molecule has 0 aliphatic carbocycles. The normalized spacial score (nSPS) is 26.5. The van der Waals surface area contributed by atoms with E-state index in [-0.39, 0.29) is 28.3 Å². The van der Waals surface area contributed by atoms with Crippen LogP contribution < -0.4 is 26.5 Å². The molecule has 278 valence electrons. The number of nitrogens with one attached hydrogen (secondary N) is 1. The first-order valence-electron chi connectivity index (χ1n) is 18.6. The molecule has 0 bridgehead atoms. The fourth-order valence-electron chi connectivity index (χ4n) is 8.88. The Kier molecular flexibility index (Phi) is 7.94. The number of phenolic OH excluding ortho intramolecular Hbond substituents is 1. The number of allylic oxidation sites excluding steroid dienone is 1. The molecule has 0 saturated carbocycles. The molecule has 0 amide bonds. The first kappa shape index (κ1) is 34.3. The van der Waals surface area contributed by atoms with Crippen LogP contribution in [0.4, 0.5) is 11.6 Å². The summed E-state index contributed by atoms with van der Waals surface area (Å²) in [5.41, 5.74) is 16.5. The molecule has 2 fully saturated rings. The van der Waals surface area contributed by atoms with Gasteiger partial charge in [0.05, 0.1) is 23.1 Å². The Labute approximate surface area is 311 Å². The van der Waals surface area contributed by atoms with Crippen molar-refractivity contribution in [3.05, 3.63) is 93.3 Å². The van der Waals surface area contributed by atoms with Crippen molar-refractivity contribution in [2.24, 2.45) is 4.99 Å². The molecule has 8 heterocycles. The van der Waals surface area contributed by atoms with Crippen LogP contribution in [0.3, 0.4) is 0 Å². The van der Waals surface area contributed by atoms with E-state index in [1.165, 1.54) is 11.0 Å². The zero-order chi connectivity index (χ0) is 37.5. The molecular formula is C41H43N6O7+. The van der Waals surface area contributed by atoms with Crippen LogP contribution in [0, 0.1) is 6.92 Å². The van der Waals surface area contributed by atoms with E-state index in [4.69, 9.17) is 30.1 Å². The molecule has 0 radical (unpaired) electrons. The van der Waals surface area contributed by atoms with Crippen molar-refractivity contribution in [3.8, 4) is 22.8 Å². The molecular weight excluding hydrogens is 688 g/mol. The number of hydrogen-bond donors (Lipinski definition) is 4. The van der Waals surface area contributed by atoms with Gasteiger partial charge in [0.15, 0.2) is 11.0 Å². The van der Waals surface area contributed by atoms with Gasteiger partial charge in [0, 0.05) is 35.4 Å². The predicted octanol–water partition coefficient (Wildman–Crippen LogP) is 4.19. The van der Waals surface area contributed by atoms with E-state index in [9.17, 15) is 14.7 Å². The van der Waals surface area contributed by atoms with Crippen molar-refractivity contribution in [1.29, 1.82) is 0 Å². The molecule has 2 saturated heterocycles. The number of quaternary nitrogens is 1. The SMILES string of the molecule is Cc1cc(=O)c2c(O)c3c(cc2o1)OC(C)(C)[C@@H]1OC(=O)[C@@]2(CCCC[C@@H]31)O[C@@H]2CCc1cc(N)nc(-c2cc(N)nc(C[NH+]3C=C4C=CN=C4C3)c2)c1. The zero-order valence-corrected chi connectivity index (χ0v) is 30.5. The summed E-state index contributed by atoms with van der Waals surface area (Å²) in [6.45, 7) is 6.89. The van der Waals surface area contributed by atoms with Gasteiger partial charge in [-0.3, -0.25) is 14.7 Å². The molecule has 1 aromatic carbocycles. The van der Waals surface area contributed by atoms with E-state index >= 15 is 0 Å². The molecule has 5 atom stereocenters. The summed E-state index contributed by atoms with van der Waals surface area (Å²) in [4.78, 5) is 41.9. The maximum atomic E-state index is 14.1. The highest BCUT2D eigenvalue weighted by atomic mass is 16.7. The smallest absolute Gasteiger partial charge is 0.341 e. The molecule has 13 heteroatoms. The van der Waals surface area contributed by atoms with E-state index < -0.39 is 29.2 Å². The van der Waals surface area contributed by atoms with Crippen molar-refractivity contribution in [2.45, 2.75) is 95.2 Å². The number of aromatic hydroxyl groups is 1. The van der Waals surface area contributed by atoms with Gasteiger partial charge in [0.25, 0.3) is 0 Å². The van der Waals surface area contributed by atoms with E-state index in [2.05, 4.69) is 21.2 Å². The van der Waals surface area contributed by atoms with E-state index in [0.29, 0.717) is 66.6 Å². The number of nitrogens with zero attached hydrogens (tertiary/aromatic N) is 3. The van der Waals surface area contributed by atoms with Crippen LogP contribution in [0.5, 0.6) is 11.5 Å². The number of nitrogens with two attached hydrogens (primary N) is 2. The zero-order valence-electron chi connectivity index (χ0n) is 30.5. The Hall–Kier alpha value is -5.53. The van der Waals surface area contributed by atoms with Gasteiger partial charge in [-0.15, -0.1) is 0 Å². The number of benzene rings is 1. The minimum absolute atomic E-state index is 0.0962. The number of ether oxygens (including phenoxy) is 3. The number of nitrogen functional groups attached to an aromatic ring is 2. The number of aliphatic imine (C=N–C) groups is 1. The second-order valence-corrected chi connectivity index (χ2v) is 15.7. The maximum absolute atomic E-state index is 14.1. The molecule has 1 unspecified atom stereocenters. The fourth-order valence-corrected chi connectivity index (χ4v) is 8.88. The van der Waals surface area contributed by atoms with Crippen molar-refractivity contribution in [1.82, 2.24) is 9.97 Å². The van der Waals surface area contributed by atoms with Crippen LogP contribution in [0.15, 0.2) is 74.7 Å². The van der Waals surface area contributed by atoms with Gasteiger partial charge in [-0.1, -0.05) is 6.42 Å². The molecule has 5 aliphatic rings. The highest BCUT2D eigenvalue weighted by Gasteiger charge is 2.64. The number of epoxide rings is 1. The largest absolute Gasteiger partial charge is 0.507 e. The van der Waals surface area contributed by atoms with Crippen LogP contribution in [0.2, 0.25) is 0 Å². The van der Waals surface area contributed by atoms with Crippen LogP contribution in [0.1, 0.15) is 74.5 Å². The molecule has 6 N–H and O–H groups in total. The number of aromatic nitrogens is 2. The molecule has 4 aromatic rings. The van der Waals surface area contributed by atoms with Gasteiger partial charge in [0.1, 0.15) is 76.6 Å². The number of rotatable bonds is 6. The van der Waals surface area contributed by atoms with Gasteiger partial charge < -0.3 is 35.2 Å². The lowest BCUT2D eigenvalue weighted by atomic mass is 9.77. The van der Waals surface area contributed by atoms with Crippen molar-refractivity contribution >= 4 is 34.3 Å². The predicted molar refractivity (Wildman–Crippen MR) is 201 cm³/mol. The molecule has 54 heavy (non-hydrogen) atoms. The van der Waals surface area contributed by atoms with Crippen LogP contribution in [-0.2, 0) is 27.2 Å². The summed E-state index contributed by atoms with van der Waals surface area (Å²) >= 11 is 0. The summed E-state index contributed by atoms with van der Waals surface area (Å²) in [5, 5.41) is 11.6. The monoisotopic (exact) mass is 731 g/mol. The summed E-state index contributed by atoms with van der Waals surface area (Å²) in [5.74, 6) is 0.635. The second-order valence-electron chi connectivity index (χ2n) is 15.7. The third-order valence-corrected chi connectivity index (χ3v) is 11.4. The Morgan fingerprint density at radius 2 is 1.87 bits per heavy atom. The molecule has 1 spiro atoms. The minimum atomic E-state index is -1.07. The van der Waals surface area contributed by atoms with Crippen molar-refractivity contribution < 1.29 is 33.4 Å². The highest BCUT2D eigenvalue weighted by Crippen LogP contribution is 2.53. The summed E-state index contributed by atoms with van der Waals surface area (Å²) in [6.07, 6.45) is 8.74. The van der Waals surface area contributed by atoms with Crippen LogP contribution in [-0.4, -0.2) is 56.7 Å². The number of carbonyl (C=O) groups is 1. The van der Waals surface area contributed by atoms with E-state index in [1.807, 2.05) is 44.3 Å². The summed E-state index contributed by atoms with van der Waals surface area (Å²) < 4.78 is 24.8. The second kappa shape index (κ2) is 12.5. The third kappa shape index (κ3) is 5.91.